The highest BCUT2D eigenvalue weighted by Crippen LogP contribution is 2.29. The zero-order chi connectivity index (χ0) is 15.7. The van der Waals surface area contributed by atoms with E-state index in [0.717, 1.165) is 17.7 Å². The lowest BCUT2D eigenvalue weighted by molar-refractivity contribution is -0.132. The second kappa shape index (κ2) is 6.02. The summed E-state index contributed by atoms with van der Waals surface area (Å²) >= 11 is 6.25. The second-order valence-corrected chi connectivity index (χ2v) is 5.74. The van der Waals surface area contributed by atoms with Crippen molar-refractivity contribution in [3.05, 3.63) is 28.8 Å². The van der Waals surface area contributed by atoms with Gasteiger partial charge >= 0.3 is 0 Å². The average Bonchev–Trinajstić information content (AvgIpc) is 2.93. The number of amides is 1. The Morgan fingerprint density at radius 2 is 2.23 bits per heavy atom. The Morgan fingerprint density at radius 1 is 1.41 bits per heavy atom. The van der Waals surface area contributed by atoms with Crippen LogP contribution in [0.5, 0.6) is 0 Å². The van der Waals surface area contributed by atoms with E-state index in [1.165, 1.54) is 4.80 Å². The van der Waals surface area contributed by atoms with Crippen LogP contribution >= 0.6 is 11.6 Å². The molecule has 1 aromatic carbocycles. The van der Waals surface area contributed by atoms with E-state index in [-0.39, 0.29) is 11.9 Å². The summed E-state index contributed by atoms with van der Waals surface area (Å²) in [5.74, 6) is 0.579. The van der Waals surface area contributed by atoms with Gasteiger partial charge in [-0.15, -0.1) is 10.2 Å². The Hall–Kier alpha value is -1.99. The summed E-state index contributed by atoms with van der Waals surface area (Å²) in [6.07, 6.45) is 0. The zero-order valence-electron chi connectivity index (χ0n) is 12.5. The van der Waals surface area contributed by atoms with Gasteiger partial charge in [0, 0.05) is 37.1 Å². The van der Waals surface area contributed by atoms with Gasteiger partial charge in [0.15, 0.2) is 0 Å². The molecule has 0 saturated carbocycles. The predicted molar refractivity (Wildman–Crippen MR) is 82.2 cm³/mol. The maximum Gasteiger partial charge on any atom is 0.220 e. The minimum atomic E-state index is -0.0413. The fraction of sp³-hybridized carbons (Fsp3) is 0.429. The first-order valence-corrected chi connectivity index (χ1v) is 7.45. The fourth-order valence-electron chi connectivity index (χ4n) is 2.71. The van der Waals surface area contributed by atoms with Crippen LogP contribution < -0.4 is 5.32 Å². The lowest BCUT2D eigenvalue weighted by Crippen LogP contribution is -2.47. The van der Waals surface area contributed by atoms with Crippen LogP contribution in [-0.4, -0.2) is 50.6 Å². The third-order valence-corrected chi connectivity index (χ3v) is 3.94. The number of halogens is 1. The zero-order valence-corrected chi connectivity index (χ0v) is 13.2. The molecule has 7 nitrogen and oxygen atoms in total. The van der Waals surface area contributed by atoms with Crippen molar-refractivity contribution in [2.24, 2.45) is 7.05 Å². The Labute approximate surface area is 133 Å². The number of aryl methyl sites for hydroxylation is 1. The van der Waals surface area contributed by atoms with E-state index < -0.39 is 0 Å². The molecule has 2 heterocycles. The number of rotatable bonds is 2. The third kappa shape index (κ3) is 2.95. The molecule has 1 amide bonds. The predicted octanol–water partition coefficient (Wildman–Crippen LogP) is 1.02. The number of aromatic nitrogens is 4. The van der Waals surface area contributed by atoms with Gasteiger partial charge in [0.25, 0.3) is 0 Å². The molecule has 1 atom stereocenters. The number of nitrogens with one attached hydrogen (secondary N) is 1. The quantitative estimate of drug-likeness (QED) is 0.894. The number of hydrogen-bond donors (Lipinski definition) is 1. The van der Waals surface area contributed by atoms with Crippen molar-refractivity contribution in [2.45, 2.75) is 13.0 Å². The molecule has 1 aromatic heterocycles. The summed E-state index contributed by atoms with van der Waals surface area (Å²) in [7, 11) is 1.71. The standard InChI is InChI=1S/C14H17ClN6O/c1-9(22)21-4-3-16-8-13(21)10-5-11(7-12(15)6-10)14-17-19-20(2)18-14/h5-7,13,16H,3-4,8H2,1-2H3/t13-/m0/s1. The van der Waals surface area contributed by atoms with Gasteiger partial charge in [-0.3, -0.25) is 4.79 Å². The Morgan fingerprint density at radius 3 is 2.91 bits per heavy atom. The van der Waals surface area contributed by atoms with E-state index in [0.29, 0.717) is 23.9 Å². The molecule has 3 rings (SSSR count). The Kier molecular flexibility index (Phi) is 4.08. The normalized spacial score (nSPS) is 18.5. The van der Waals surface area contributed by atoms with Gasteiger partial charge in [-0.2, -0.15) is 4.80 Å². The lowest BCUT2D eigenvalue weighted by atomic mass is 10.0. The molecule has 0 spiro atoms. The molecular formula is C14H17ClN6O. The SMILES string of the molecule is CC(=O)N1CCNC[C@H]1c1cc(Cl)cc(-c2nnn(C)n2)c1. The van der Waals surface area contributed by atoms with Crippen molar-refractivity contribution in [1.82, 2.24) is 30.4 Å². The van der Waals surface area contributed by atoms with Gasteiger partial charge in [0.1, 0.15) is 0 Å². The topological polar surface area (TPSA) is 75.9 Å². The van der Waals surface area contributed by atoms with Crippen LogP contribution in [-0.2, 0) is 11.8 Å². The molecule has 1 aliphatic rings. The molecule has 1 N–H and O–H groups in total. The molecular weight excluding hydrogens is 304 g/mol. The maximum atomic E-state index is 11.9. The van der Waals surface area contributed by atoms with Crippen LogP contribution in [0.25, 0.3) is 11.4 Å². The maximum absolute atomic E-state index is 11.9. The van der Waals surface area contributed by atoms with Gasteiger partial charge in [-0.25, -0.2) is 0 Å². The van der Waals surface area contributed by atoms with Crippen LogP contribution in [0, 0.1) is 0 Å². The first-order chi connectivity index (χ1) is 10.5. The molecule has 2 aromatic rings. The minimum Gasteiger partial charge on any atom is -0.333 e. The summed E-state index contributed by atoms with van der Waals surface area (Å²) in [6.45, 7) is 3.78. The van der Waals surface area contributed by atoms with Gasteiger partial charge < -0.3 is 10.2 Å². The first-order valence-electron chi connectivity index (χ1n) is 7.07. The molecule has 0 aliphatic carbocycles. The summed E-state index contributed by atoms with van der Waals surface area (Å²) in [4.78, 5) is 15.1. The molecule has 116 valence electrons. The van der Waals surface area contributed by atoms with Crippen molar-refractivity contribution >= 4 is 17.5 Å². The number of piperazine rings is 1. The van der Waals surface area contributed by atoms with Crippen molar-refractivity contribution in [3.8, 4) is 11.4 Å². The third-order valence-electron chi connectivity index (χ3n) is 3.72. The van der Waals surface area contributed by atoms with E-state index in [1.54, 1.807) is 20.0 Å². The van der Waals surface area contributed by atoms with Crippen LogP contribution in [0.4, 0.5) is 0 Å². The van der Waals surface area contributed by atoms with Crippen molar-refractivity contribution in [2.75, 3.05) is 19.6 Å². The number of nitrogens with zero attached hydrogens (tertiary/aromatic N) is 5. The molecule has 1 fully saturated rings. The van der Waals surface area contributed by atoms with Gasteiger partial charge in [0.2, 0.25) is 11.7 Å². The van der Waals surface area contributed by atoms with Crippen LogP contribution in [0.3, 0.4) is 0 Å². The van der Waals surface area contributed by atoms with Crippen molar-refractivity contribution in [3.63, 3.8) is 0 Å². The molecule has 1 aliphatic heterocycles. The van der Waals surface area contributed by atoms with Crippen LogP contribution in [0.15, 0.2) is 18.2 Å². The van der Waals surface area contributed by atoms with E-state index in [2.05, 4.69) is 20.7 Å². The largest absolute Gasteiger partial charge is 0.333 e. The average molecular weight is 321 g/mol. The second-order valence-electron chi connectivity index (χ2n) is 5.31. The highest BCUT2D eigenvalue weighted by atomic mass is 35.5. The summed E-state index contributed by atoms with van der Waals surface area (Å²) in [6, 6.07) is 5.61. The van der Waals surface area contributed by atoms with Crippen LogP contribution in [0.2, 0.25) is 5.02 Å². The minimum absolute atomic E-state index is 0.0413. The summed E-state index contributed by atoms with van der Waals surface area (Å²) in [5, 5.41) is 16.0. The van der Waals surface area contributed by atoms with Gasteiger partial charge in [0.05, 0.1) is 13.1 Å². The number of benzene rings is 1. The highest BCUT2D eigenvalue weighted by molar-refractivity contribution is 6.30. The number of tetrazole rings is 1. The molecule has 1 saturated heterocycles. The van der Waals surface area contributed by atoms with Crippen LogP contribution in [0.1, 0.15) is 18.5 Å². The number of hydrogen-bond acceptors (Lipinski definition) is 5. The van der Waals surface area contributed by atoms with Crippen molar-refractivity contribution in [1.29, 1.82) is 0 Å². The van der Waals surface area contributed by atoms with Crippen molar-refractivity contribution < 1.29 is 4.79 Å². The highest BCUT2D eigenvalue weighted by Gasteiger charge is 2.26. The first kappa shape index (κ1) is 14.9. The summed E-state index contributed by atoms with van der Waals surface area (Å²) < 4.78 is 0. The molecule has 8 heteroatoms. The van der Waals surface area contributed by atoms with E-state index in [1.807, 2.05) is 17.0 Å². The number of carbonyl (C=O) groups is 1. The summed E-state index contributed by atoms with van der Waals surface area (Å²) in [5.41, 5.74) is 1.77. The smallest absolute Gasteiger partial charge is 0.220 e. The number of carbonyl (C=O) groups excluding carboxylic acids is 1. The van der Waals surface area contributed by atoms with E-state index in [4.69, 9.17) is 11.6 Å². The fourth-order valence-corrected chi connectivity index (χ4v) is 2.96. The van der Waals surface area contributed by atoms with E-state index in [9.17, 15) is 4.79 Å². The Balaban J connectivity index is 1.99. The molecule has 0 unspecified atom stereocenters. The van der Waals surface area contributed by atoms with Gasteiger partial charge in [-0.1, -0.05) is 11.6 Å². The Bertz CT molecular complexity index is 700. The molecule has 0 radical (unpaired) electrons. The molecule has 0 bridgehead atoms. The van der Waals surface area contributed by atoms with Gasteiger partial charge in [-0.05, 0) is 29.0 Å². The lowest BCUT2D eigenvalue weighted by Gasteiger charge is -2.36. The monoisotopic (exact) mass is 320 g/mol. The molecule has 22 heavy (non-hydrogen) atoms. The van der Waals surface area contributed by atoms with E-state index >= 15 is 0 Å².